The van der Waals surface area contributed by atoms with Crippen LogP contribution in [0.5, 0.6) is 0 Å². The van der Waals surface area contributed by atoms with Gasteiger partial charge in [-0.25, -0.2) is 9.79 Å². The van der Waals surface area contributed by atoms with E-state index >= 15 is 0 Å². The SMILES string of the molecule is CCC1=C(C(=O)OC)C(c2ccccc2)N2C(CC(=O)NCc3cccc(C(F)(F)F)c3)=CSC2=N1. The van der Waals surface area contributed by atoms with E-state index in [0.29, 0.717) is 34.1 Å². The first-order valence-corrected chi connectivity index (χ1v) is 12.1. The molecular formula is C26H24F3N3O3S. The number of amides is 1. The molecule has 0 fully saturated rings. The van der Waals surface area contributed by atoms with Crippen LogP contribution < -0.4 is 5.32 Å². The van der Waals surface area contributed by atoms with Crippen LogP contribution in [0.15, 0.2) is 82.0 Å². The normalized spacial score (nSPS) is 17.4. The summed E-state index contributed by atoms with van der Waals surface area (Å²) in [5.41, 5.74) is 2.09. The molecule has 1 atom stereocenters. The molecule has 1 amide bonds. The van der Waals surface area contributed by atoms with Gasteiger partial charge in [-0.1, -0.05) is 61.2 Å². The van der Waals surface area contributed by atoms with E-state index in [2.05, 4.69) is 10.3 Å². The highest BCUT2D eigenvalue weighted by Crippen LogP contribution is 2.45. The van der Waals surface area contributed by atoms with Crippen LogP contribution in [0.2, 0.25) is 0 Å². The maximum Gasteiger partial charge on any atom is 0.416 e. The maximum atomic E-state index is 13.0. The molecule has 0 saturated heterocycles. The number of ether oxygens (including phenoxy) is 1. The summed E-state index contributed by atoms with van der Waals surface area (Å²) in [4.78, 5) is 32.2. The molecule has 6 nitrogen and oxygen atoms in total. The van der Waals surface area contributed by atoms with Gasteiger partial charge in [0.15, 0.2) is 5.17 Å². The van der Waals surface area contributed by atoms with Gasteiger partial charge in [0.25, 0.3) is 0 Å². The van der Waals surface area contributed by atoms with Crippen molar-refractivity contribution in [3.8, 4) is 0 Å². The Hall–Kier alpha value is -3.53. The largest absolute Gasteiger partial charge is 0.466 e. The molecule has 0 aromatic heterocycles. The number of nitrogens with zero attached hydrogens (tertiary/aromatic N) is 2. The lowest BCUT2D eigenvalue weighted by Crippen LogP contribution is -2.38. The molecule has 10 heteroatoms. The first-order valence-electron chi connectivity index (χ1n) is 11.3. The minimum Gasteiger partial charge on any atom is -0.466 e. The van der Waals surface area contributed by atoms with Gasteiger partial charge in [0.2, 0.25) is 5.91 Å². The predicted octanol–water partition coefficient (Wildman–Crippen LogP) is 5.55. The summed E-state index contributed by atoms with van der Waals surface area (Å²) in [6.07, 6.45) is -3.97. The van der Waals surface area contributed by atoms with Crippen LogP contribution >= 0.6 is 11.8 Å². The van der Waals surface area contributed by atoms with E-state index < -0.39 is 23.8 Å². The molecule has 0 aliphatic carbocycles. The van der Waals surface area contributed by atoms with E-state index in [-0.39, 0.29) is 18.9 Å². The Balaban J connectivity index is 1.56. The van der Waals surface area contributed by atoms with E-state index in [9.17, 15) is 22.8 Å². The van der Waals surface area contributed by atoms with Gasteiger partial charge in [-0.05, 0) is 35.1 Å². The predicted molar refractivity (Wildman–Crippen MR) is 131 cm³/mol. The number of aliphatic imine (C=N–C) groups is 1. The fourth-order valence-electron chi connectivity index (χ4n) is 4.15. The van der Waals surface area contributed by atoms with Crippen molar-refractivity contribution in [2.24, 2.45) is 4.99 Å². The molecule has 188 valence electrons. The average molecular weight is 516 g/mol. The van der Waals surface area contributed by atoms with Crippen LogP contribution in [0.4, 0.5) is 13.2 Å². The summed E-state index contributed by atoms with van der Waals surface area (Å²) in [6.45, 7) is 1.87. The molecule has 2 aromatic carbocycles. The Morgan fingerprint density at radius 3 is 2.56 bits per heavy atom. The van der Waals surface area contributed by atoms with Crippen molar-refractivity contribution in [2.45, 2.75) is 38.5 Å². The van der Waals surface area contributed by atoms with Crippen molar-refractivity contribution in [3.63, 3.8) is 0 Å². The number of carbonyl (C=O) groups excluding carboxylic acids is 2. The number of amidine groups is 1. The Morgan fingerprint density at radius 1 is 1.14 bits per heavy atom. The maximum absolute atomic E-state index is 13.0. The van der Waals surface area contributed by atoms with Gasteiger partial charge in [0.05, 0.1) is 36.4 Å². The number of thioether (sulfide) groups is 1. The standard InChI is InChI=1S/C26H24F3N3O3S/c1-3-20-22(24(34)35-2)23(17-9-5-4-6-10-17)32-19(15-36-25(32)31-20)13-21(33)30-14-16-8-7-11-18(12-16)26(27,28)29/h4-12,15,23H,3,13-14H2,1-2H3,(H,30,33). The number of nitrogens with one attached hydrogen (secondary N) is 1. The summed E-state index contributed by atoms with van der Waals surface area (Å²) in [7, 11) is 1.32. The van der Waals surface area contributed by atoms with Crippen molar-refractivity contribution < 1.29 is 27.5 Å². The number of benzene rings is 2. The minimum absolute atomic E-state index is 0.0375. The van der Waals surface area contributed by atoms with E-state index in [4.69, 9.17) is 4.74 Å². The molecule has 1 N–H and O–H groups in total. The number of alkyl halides is 3. The quantitative estimate of drug-likeness (QED) is 0.490. The number of fused-ring (bicyclic) bond motifs is 1. The molecule has 0 spiro atoms. The van der Waals surface area contributed by atoms with Crippen molar-refractivity contribution in [1.29, 1.82) is 0 Å². The van der Waals surface area contributed by atoms with Crippen molar-refractivity contribution >= 4 is 28.8 Å². The zero-order valence-electron chi connectivity index (χ0n) is 19.6. The number of hydrogen-bond donors (Lipinski definition) is 1. The van der Waals surface area contributed by atoms with Crippen LogP contribution in [0.25, 0.3) is 0 Å². The molecule has 2 heterocycles. The number of hydrogen-bond acceptors (Lipinski definition) is 6. The highest BCUT2D eigenvalue weighted by atomic mass is 32.2. The zero-order chi connectivity index (χ0) is 25.9. The number of methoxy groups -OCH3 is 1. The van der Waals surface area contributed by atoms with E-state index in [1.165, 1.54) is 31.0 Å². The zero-order valence-corrected chi connectivity index (χ0v) is 20.4. The van der Waals surface area contributed by atoms with Gasteiger partial charge < -0.3 is 15.0 Å². The van der Waals surface area contributed by atoms with Crippen LogP contribution in [0, 0.1) is 0 Å². The second kappa shape index (κ2) is 10.6. The lowest BCUT2D eigenvalue weighted by Gasteiger charge is -2.36. The summed E-state index contributed by atoms with van der Waals surface area (Å²) < 4.78 is 44.0. The minimum atomic E-state index is -4.45. The molecule has 2 aliphatic rings. The Labute approximate surface area is 210 Å². The van der Waals surface area contributed by atoms with Crippen molar-refractivity contribution in [1.82, 2.24) is 10.2 Å². The lowest BCUT2D eigenvalue weighted by molar-refractivity contribution is -0.138. The van der Waals surface area contributed by atoms with Gasteiger partial charge in [-0.3, -0.25) is 4.79 Å². The third-order valence-electron chi connectivity index (χ3n) is 5.83. The van der Waals surface area contributed by atoms with Crippen molar-refractivity contribution in [3.05, 3.63) is 93.7 Å². The van der Waals surface area contributed by atoms with Crippen LogP contribution in [-0.2, 0) is 27.0 Å². The van der Waals surface area contributed by atoms with Gasteiger partial charge >= 0.3 is 12.1 Å². The third-order valence-corrected chi connectivity index (χ3v) is 6.72. The molecule has 2 aromatic rings. The average Bonchev–Trinajstić information content (AvgIpc) is 3.28. The first-order chi connectivity index (χ1) is 17.2. The molecule has 1 unspecified atom stereocenters. The first kappa shape index (κ1) is 25.6. The second-order valence-corrected chi connectivity index (χ2v) is 9.00. The number of halogens is 3. The van der Waals surface area contributed by atoms with E-state index in [1.807, 2.05) is 47.6 Å². The summed E-state index contributed by atoms with van der Waals surface area (Å²) in [6, 6.07) is 13.7. The molecule has 0 radical (unpaired) electrons. The number of esters is 1. The topological polar surface area (TPSA) is 71.0 Å². The monoisotopic (exact) mass is 515 g/mol. The smallest absolute Gasteiger partial charge is 0.416 e. The molecule has 36 heavy (non-hydrogen) atoms. The number of allylic oxidation sites excluding steroid dienone is 1. The summed E-state index contributed by atoms with van der Waals surface area (Å²) in [5, 5.41) is 5.15. The fraction of sp³-hybridized carbons (Fsp3) is 0.269. The Morgan fingerprint density at radius 2 is 1.89 bits per heavy atom. The fourth-order valence-corrected chi connectivity index (χ4v) is 5.09. The van der Waals surface area contributed by atoms with Crippen LogP contribution in [0.1, 0.15) is 42.5 Å². The van der Waals surface area contributed by atoms with Crippen molar-refractivity contribution in [2.75, 3.05) is 7.11 Å². The van der Waals surface area contributed by atoms with Gasteiger partial charge in [0.1, 0.15) is 0 Å². The Kier molecular flexibility index (Phi) is 7.53. The van der Waals surface area contributed by atoms with Crippen LogP contribution in [0.3, 0.4) is 0 Å². The molecule has 2 aliphatic heterocycles. The number of carbonyl (C=O) groups is 2. The van der Waals surface area contributed by atoms with E-state index in [0.717, 1.165) is 17.7 Å². The molecule has 0 saturated carbocycles. The van der Waals surface area contributed by atoms with Gasteiger partial charge in [-0.15, -0.1) is 0 Å². The molecular weight excluding hydrogens is 491 g/mol. The summed E-state index contributed by atoms with van der Waals surface area (Å²) >= 11 is 1.36. The molecule has 0 bridgehead atoms. The lowest BCUT2D eigenvalue weighted by atomic mass is 9.93. The number of rotatable bonds is 7. The van der Waals surface area contributed by atoms with E-state index in [1.54, 1.807) is 0 Å². The highest BCUT2D eigenvalue weighted by Gasteiger charge is 2.41. The highest BCUT2D eigenvalue weighted by molar-refractivity contribution is 8.16. The van der Waals surface area contributed by atoms with Gasteiger partial charge in [-0.2, -0.15) is 13.2 Å². The second-order valence-electron chi connectivity index (χ2n) is 8.16. The summed E-state index contributed by atoms with van der Waals surface area (Å²) in [5.74, 6) is -0.856. The molecule has 4 rings (SSSR count). The van der Waals surface area contributed by atoms with Gasteiger partial charge in [0, 0.05) is 12.2 Å². The van der Waals surface area contributed by atoms with Crippen LogP contribution in [-0.4, -0.2) is 29.1 Å². The third kappa shape index (κ3) is 5.33. The Bertz CT molecular complexity index is 1260.